The van der Waals surface area contributed by atoms with Crippen molar-refractivity contribution in [1.29, 1.82) is 0 Å². The van der Waals surface area contributed by atoms with Gasteiger partial charge in [-0.25, -0.2) is 18.7 Å². The van der Waals surface area contributed by atoms with Gasteiger partial charge in [0.25, 0.3) is 0 Å². The molecule has 2 aromatic heterocycles. The molecule has 0 aliphatic carbocycles. The number of nitrogens with two attached hydrogens (primary N) is 1. The molecule has 9 heteroatoms. The average Bonchev–Trinajstić information content (AvgIpc) is 3.56. The Morgan fingerprint density at radius 3 is 2.62 bits per heavy atom. The molecule has 4 aromatic rings. The van der Waals surface area contributed by atoms with Gasteiger partial charge in [-0.15, -0.1) is 0 Å². The molecule has 2 saturated heterocycles. The first-order valence-electron chi connectivity index (χ1n) is 12.7. The van der Waals surface area contributed by atoms with Gasteiger partial charge in [-0.3, -0.25) is 10.00 Å². The predicted octanol–water partition coefficient (Wildman–Crippen LogP) is 6.59. The van der Waals surface area contributed by atoms with Crippen molar-refractivity contribution >= 4 is 44.8 Å². The summed E-state index contributed by atoms with van der Waals surface area (Å²) in [6, 6.07) is 1.80. The van der Waals surface area contributed by atoms with Crippen LogP contribution in [0.4, 0.5) is 14.6 Å². The van der Waals surface area contributed by atoms with Crippen LogP contribution in [-0.2, 0) is 6.42 Å². The summed E-state index contributed by atoms with van der Waals surface area (Å²) < 4.78 is 32.6. The first-order valence-corrected chi connectivity index (χ1v) is 13.1. The van der Waals surface area contributed by atoms with Gasteiger partial charge in [-0.1, -0.05) is 18.2 Å². The number of hydrogen-bond donors (Lipinski definition) is 2. The Labute approximate surface area is 218 Å². The third kappa shape index (κ3) is 3.64. The number of aryl methyl sites for hydroxylation is 2. The van der Waals surface area contributed by atoms with E-state index in [9.17, 15) is 0 Å². The minimum absolute atomic E-state index is 0.0154. The molecule has 0 saturated carbocycles. The molecule has 2 aliphatic rings. The number of rotatable bonds is 5. The second kappa shape index (κ2) is 8.74. The number of benzene rings is 2. The number of aromatic nitrogens is 4. The van der Waals surface area contributed by atoms with Crippen LogP contribution in [0.15, 0.2) is 18.8 Å². The first kappa shape index (κ1) is 24.2. The molecule has 4 heterocycles. The molecule has 0 atom stereocenters. The standard InChI is InChI=1S/C28H29ClF2N6/c1-14(2)19-22-26(34-18(35-27(22)32)6-9-28-7-4-10-37(28)11-5-8-28)25(31)21(24(19)30)20-16-13-33-36-17(16)12-15(3)23(20)29/h12-13H,1,4-11H2,2-3H3,(H,33,36)(H2,32,34,35). The lowest BCUT2D eigenvalue weighted by Gasteiger charge is -2.32. The van der Waals surface area contributed by atoms with E-state index in [0.29, 0.717) is 34.3 Å². The molecule has 0 spiro atoms. The van der Waals surface area contributed by atoms with E-state index in [4.69, 9.17) is 17.3 Å². The normalized spacial score (nSPS) is 17.2. The lowest BCUT2D eigenvalue weighted by atomic mass is 9.88. The molecule has 0 radical (unpaired) electrons. The Bertz CT molecular complexity index is 1580. The average molecular weight is 523 g/mol. The lowest BCUT2D eigenvalue weighted by Crippen LogP contribution is -2.38. The van der Waals surface area contributed by atoms with Crippen LogP contribution in [0.25, 0.3) is 38.5 Å². The highest BCUT2D eigenvalue weighted by molar-refractivity contribution is 6.36. The zero-order chi connectivity index (χ0) is 26.1. The smallest absolute Gasteiger partial charge is 0.160 e. The summed E-state index contributed by atoms with van der Waals surface area (Å²) in [6.07, 6.45) is 7.69. The largest absolute Gasteiger partial charge is 0.383 e. The van der Waals surface area contributed by atoms with Gasteiger partial charge in [0, 0.05) is 28.5 Å². The molecule has 2 aromatic carbocycles. The van der Waals surface area contributed by atoms with Gasteiger partial charge in [0.2, 0.25) is 0 Å². The van der Waals surface area contributed by atoms with Gasteiger partial charge >= 0.3 is 0 Å². The Morgan fingerprint density at radius 1 is 1.19 bits per heavy atom. The van der Waals surface area contributed by atoms with E-state index < -0.39 is 11.6 Å². The van der Waals surface area contributed by atoms with E-state index >= 15 is 8.78 Å². The van der Waals surface area contributed by atoms with E-state index in [2.05, 4.69) is 31.6 Å². The number of nitrogens with one attached hydrogen (secondary N) is 1. The molecule has 2 aliphatic heterocycles. The van der Waals surface area contributed by atoms with E-state index in [1.165, 1.54) is 19.0 Å². The van der Waals surface area contributed by atoms with Gasteiger partial charge < -0.3 is 5.73 Å². The summed E-state index contributed by atoms with van der Waals surface area (Å²) in [5.74, 6) is -1.09. The van der Waals surface area contributed by atoms with Crippen LogP contribution in [0.2, 0.25) is 5.02 Å². The summed E-state index contributed by atoms with van der Waals surface area (Å²) in [7, 11) is 0. The van der Waals surface area contributed by atoms with Gasteiger partial charge in [0.05, 0.1) is 27.7 Å². The molecule has 6 nitrogen and oxygen atoms in total. The lowest BCUT2D eigenvalue weighted by molar-refractivity contribution is 0.182. The van der Waals surface area contributed by atoms with Crippen molar-refractivity contribution in [3.63, 3.8) is 0 Å². The maximum Gasteiger partial charge on any atom is 0.160 e. The van der Waals surface area contributed by atoms with Gasteiger partial charge in [-0.2, -0.15) is 5.10 Å². The van der Waals surface area contributed by atoms with Crippen LogP contribution in [0.3, 0.4) is 0 Å². The minimum Gasteiger partial charge on any atom is -0.383 e. The summed E-state index contributed by atoms with van der Waals surface area (Å²) >= 11 is 6.67. The molecule has 0 amide bonds. The van der Waals surface area contributed by atoms with Crippen molar-refractivity contribution < 1.29 is 8.78 Å². The third-order valence-electron chi connectivity index (χ3n) is 8.27. The minimum atomic E-state index is -0.815. The van der Waals surface area contributed by atoms with Crippen molar-refractivity contribution in [2.24, 2.45) is 0 Å². The predicted molar refractivity (Wildman–Crippen MR) is 145 cm³/mol. The number of allylic oxidation sites excluding steroid dienone is 1. The second-order valence-electron chi connectivity index (χ2n) is 10.5. The Hall–Kier alpha value is -3.10. The molecule has 3 N–H and O–H groups in total. The van der Waals surface area contributed by atoms with Crippen molar-refractivity contribution in [2.45, 2.75) is 57.9 Å². The monoisotopic (exact) mass is 522 g/mol. The van der Waals surface area contributed by atoms with Crippen LogP contribution in [0.1, 0.15) is 56.0 Å². The number of aromatic amines is 1. The Morgan fingerprint density at radius 2 is 1.92 bits per heavy atom. The van der Waals surface area contributed by atoms with Crippen LogP contribution in [0, 0.1) is 18.6 Å². The SMILES string of the molecule is C=C(C)c1c(F)c(-c2c(Cl)c(C)cc3[nH]ncc23)c(F)c2nc(CCC34CCCN3CCC4)nc(N)c12. The fourth-order valence-corrected chi connectivity index (χ4v) is 6.79. The molecule has 6 rings (SSSR count). The number of hydrogen-bond acceptors (Lipinski definition) is 5. The number of nitrogens with zero attached hydrogens (tertiary/aromatic N) is 4. The fraction of sp³-hybridized carbons (Fsp3) is 0.393. The molecule has 0 bridgehead atoms. The van der Waals surface area contributed by atoms with Gasteiger partial charge in [-0.05, 0) is 76.2 Å². The third-order valence-corrected chi connectivity index (χ3v) is 8.75. The topological polar surface area (TPSA) is 83.7 Å². The number of H-pyrrole nitrogens is 1. The fourth-order valence-electron chi connectivity index (χ4n) is 6.54. The highest BCUT2D eigenvalue weighted by Crippen LogP contribution is 2.45. The van der Waals surface area contributed by atoms with Crippen molar-refractivity contribution in [3.05, 3.63) is 52.5 Å². The zero-order valence-electron chi connectivity index (χ0n) is 21.0. The van der Waals surface area contributed by atoms with Gasteiger partial charge in [0.15, 0.2) is 5.82 Å². The molecule has 192 valence electrons. The summed E-state index contributed by atoms with van der Waals surface area (Å²) in [5, 5.41) is 7.85. The Balaban J connectivity index is 1.56. The molecular formula is C28H29ClF2N6. The quantitative estimate of drug-likeness (QED) is 0.309. The number of anilines is 1. The molecule has 2 fully saturated rings. The summed E-state index contributed by atoms with van der Waals surface area (Å²) in [6.45, 7) is 9.65. The van der Waals surface area contributed by atoms with Gasteiger partial charge in [0.1, 0.15) is 23.0 Å². The number of halogens is 3. The van der Waals surface area contributed by atoms with Crippen LogP contribution >= 0.6 is 11.6 Å². The first-order chi connectivity index (χ1) is 17.7. The highest BCUT2D eigenvalue weighted by atomic mass is 35.5. The molecule has 0 unspecified atom stereocenters. The zero-order valence-corrected chi connectivity index (χ0v) is 21.8. The number of nitrogen functional groups attached to an aromatic ring is 1. The highest BCUT2D eigenvalue weighted by Gasteiger charge is 2.43. The van der Waals surface area contributed by atoms with Crippen LogP contribution < -0.4 is 5.73 Å². The summed E-state index contributed by atoms with van der Waals surface area (Å²) in [5.41, 5.74) is 8.29. The van der Waals surface area contributed by atoms with Crippen LogP contribution in [-0.4, -0.2) is 43.7 Å². The Kier molecular flexibility index (Phi) is 5.73. The van der Waals surface area contributed by atoms with E-state index in [1.54, 1.807) is 19.9 Å². The van der Waals surface area contributed by atoms with Crippen molar-refractivity contribution in [1.82, 2.24) is 25.1 Å². The maximum absolute atomic E-state index is 16.4. The van der Waals surface area contributed by atoms with E-state index in [-0.39, 0.29) is 44.0 Å². The van der Waals surface area contributed by atoms with E-state index in [1.807, 2.05) is 0 Å². The molecule has 37 heavy (non-hydrogen) atoms. The maximum atomic E-state index is 16.4. The molecular weight excluding hydrogens is 494 g/mol. The van der Waals surface area contributed by atoms with Crippen LogP contribution in [0.5, 0.6) is 0 Å². The summed E-state index contributed by atoms with van der Waals surface area (Å²) in [4.78, 5) is 11.7. The van der Waals surface area contributed by atoms with Crippen molar-refractivity contribution in [2.75, 3.05) is 18.8 Å². The number of fused-ring (bicyclic) bond motifs is 3. The van der Waals surface area contributed by atoms with Crippen molar-refractivity contribution in [3.8, 4) is 11.1 Å². The van der Waals surface area contributed by atoms with E-state index in [0.717, 1.165) is 32.4 Å². The second-order valence-corrected chi connectivity index (χ2v) is 10.9.